The van der Waals surface area contributed by atoms with Gasteiger partial charge < -0.3 is 4.74 Å². The highest BCUT2D eigenvalue weighted by molar-refractivity contribution is 7.98. The predicted octanol–water partition coefficient (Wildman–Crippen LogP) is 5.31. The lowest BCUT2D eigenvalue weighted by Gasteiger charge is -2.10. The molecule has 0 N–H and O–H groups in total. The van der Waals surface area contributed by atoms with E-state index in [0.29, 0.717) is 6.61 Å². The highest BCUT2D eigenvalue weighted by Crippen LogP contribution is 2.27. The zero-order valence-electron chi connectivity index (χ0n) is 16.4. The van der Waals surface area contributed by atoms with Crippen LogP contribution in [0, 0.1) is 6.92 Å². The summed E-state index contributed by atoms with van der Waals surface area (Å²) < 4.78 is 7.63. The van der Waals surface area contributed by atoms with E-state index >= 15 is 0 Å². The van der Waals surface area contributed by atoms with Gasteiger partial charge in [0.2, 0.25) is 5.16 Å². The Morgan fingerprint density at radius 1 is 1.00 bits per heavy atom. The minimum absolute atomic E-state index is 0.600. The Kier molecular flexibility index (Phi) is 5.91. The van der Waals surface area contributed by atoms with Crippen LogP contribution in [0.3, 0.4) is 0 Å². The van der Waals surface area contributed by atoms with Crippen molar-refractivity contribution in [3.63, 3.8) is 0 Å². The maximum absolute atomic E-state index is 5.84. The summed E-state index contributed by atoms with van der Waals surface area (Å²) in [6, 6.07) is 22.6. The average molecular weight is 403 g/mol. The molecular formula is C23H22N4OS. The number of hydrogen-bond acceptors (Lipinski definition) is 5. The van der Waals surface area contributed by atoms with E-state index in [2.05, 4.69) is 40.5 Å². The lowest BCUT2D eigenvalue weighted by Crippen LogP contribution is -2.00. The molecule has 3 aromatic carbocycles. The Bertz CT molecular complexity index is 1140. The maximum Gasteiger partial charge on any atom is 0.212 e. The molecule has 0 amide bonds. The van der Waals surface area contributed by atoms with E-state index in [1.54, 1.807) is 16.4 Å². The van der Waals surface area contributed by atoms with Crippen LogP contribution in [-0.4, -0.2) is 27.7 Å². The van der Waals surface area contributed by atoms with Crippen LogP contribution < -0.4 is 4.74 Å². The Morgan fingerprint density at radius 2 is 1.79 bits per heavy atom. The number of aryl methyl sites for hydroxylation is 1. The van der Waals surface area contributed by atoms with Crippen molar-refractivity contribution in [3.8, 4) is 5.75 Å². The van der Waals surface area contributed by atoms with Gasteiger partial charge in [0.15, 0.2) is 5.82 Å². The number of nitrogens with zero attached hydrogens (tertiary/aromatic N) is 4. The van der Waals surface area contributed by atoms with Gasteiger partial charge in [-0.3, -0.25) is 0 Å². The fourth-order valence-electron chi connectivity index (χ4n) is 3.09. The molecule has 146 valence electrons. The van der Waals surface area contributed by atoms with Gasteiger partial charge in [0, 0.05) is 11.3 Å². The van der Waals surface area contributed by atoms with Crippen molar-refractivity contribution >= 4 is 28.7 Å². The van der Waals surface area contributed by atoms with Gasteiger partial charge in [-0.15, -0.1) is 10.2 Å². The zero-order valence-corrected chi connectivity index (χ0v) is 17.3. The van der Waals surface area contributed by atoms with Crippen molar-refractivity contribution in [1.29, 1.82) is 0 Å². The van der Waals surface area contributed by atoms with E-state index in [4.69, 9.17) is 9.84 Å². The molecule has 4 rings (SSSR count). The van der Waals surface area contributed by atoms with E-state index in [1.807, 2.05) is 56.5 Å². The minimum atomic E-state index is 0.600. The van der Waals surface area contributed by atoms with Gasteiger partial charge in [-0.1, -0.05) is 72.4 Å². The summed E-state index contributed by atoms with van der Waals surface area (Å²) in [4.78, 5) is 0. The molecular weight excluding hydrogens is 380 g/mol. The van der Waals surface area contributed by atoms with Crippen LogP contribution in [0.2, 0.25) is 0 Å². The third-order valence-electron chi connectivity index (χ3n) is 4.51. The smallest absolute Gasteiger partial charge is 0.212 e. The van der Waals surface area contributed by atoms with Gasteiger partial charge in [-0.25, -0.2) is 0 Å². The maximum atomic E-state index is 5.84. The zero-order chi connectivity index (χ0) is 20.1. The molecule has 0 saturated heterocycles. The van der Waals surface area contributed by atoms with Gasteiger partial charge in [0.25, 0.3) is 0 Å². The molecule has 1 aromatic heterocycles. The monoisotopic (exact) mass is 402 g/mol. The second kappa shape index (κ2) is 8.92. The molecule has 0 fully saturated rings. The number of hydrogen-bond donors (Lipinski definition) is 0. The van der Waals surface area contributed by atoms with E-state index in [-0.39, 0.29) is 0 Å². The van der Waals surface area contributed by atoms with Crippen molar-refractivity contribution in [2.24, 2.45) is 5.10 Å². The number of fused-ring (bicyclic) bond motifs is 1. The number of thioether (sulfide) groups is 1. The summed E-state index contributed by atoms with van der Waals surface area (Å²) in [6.45, 7) is 4.49. The molecule has 0 atom stereocenters. The van der Waals surface area contributed by atoms with Crippen molar-refractivity contribution in [1.82, 2.24) is 14.9 Å². The van der Waals surface area contributed by atoms with E-state index in [0.717, 1.165) is 38.8 Å². The van der Waals surface area contributed by atoms with Gasteiger partial charge in [0.05, 0.1) is 12.8 Å². The van der Waals surface area contributed by atoms with Crippen LogP contribution >= 0.6 is 11.8 Å². The minimum Gasteiger partial charge on any atom is -0.493 e. The van der Waals surface area contributed by atoms with Crippen molar-refractivity contribution in [2.45, 2.75) is 24.8 Å². The van der Waals surface area contributed by atoms with Crippen LogP contribution in [0.15, 0.2) is 77.0 Å². The van der Waals surface area contributed by atoms with Crippen molar-refractivity contribution in [3.05, 3.63) is 83.7 Å². The van der Waals surface area contributed by atoms with Crippen LogP contribution in [0.4, 0.5) is 0 Å². The SMILES string of the molecule is CCOc1ccc2ccccc2c1/C=N/n1c(C)nnc1SCc1ccccc1. The molecule has 0 aliphatic heterocycles. The van der Waals surface area contributed by atoms with Crippen LogP contribution in [0.25, 0.3) is 10.8 Å². The lowest BCUT2D eigenvalue weighted by molar-refractivity contribution is 0.340. The quantitative estimate of drug-likeness (QED) is 0.310. The topological polar surface area (TPSA) is 52.3 Å². The highest BCUT2D eigenvalue weighted by atomic mass is 32.2. The van der Waals surface area contributed by atoms with Gasteiger partial charge in [0.1, 0.15) is 5.75 Å². The fourth-order valence-corrected chi connectivity index (χ4v) is 3.98. The van der Waals surface area contributed by atoms with Gasteiger partial charge in [-0.2, -0.15) is 9.78 Å². The Hall–Kier alpha value is -3.12. The van der Waals surface area contributed by atoms with E-state index in [1.165, 1.54) is 5.56 Å². The molecule has 6 heteroatoms. The molecule has 5 nitrogen and oxygen atoms in total. The first-order chi connectivity index (χ1) is 14.3. The first-order valence-electron chi connectivity index (χ1n) is 9.54. The van der Waals surface area contributed by atoms with Gasteiger partial charge >= 0.3 is 0 Å². The predicted molar refractivity (Wildman–Crippen MR) is 119 cm³/mol. The van der Waals surface area contributed by atoms with Crippen molar-refractivity contribution < 1.29 is 4.74 Å². The van der Waals surface area contributed by atoms with Crippen LogP contribution in [0.5, 0.6) is 5.75 Å². The molecule has 0 saturated carbocycles. The third kappa shape index (κ3) is 4.32. The lowest BCUT2D eigenvalue weighted by atomic mass is 10.0. The molecule has 0 radical (unpaired) electrons. The molecule has 0 spiro atoms. The molecule has 0 unspecified atom stereocenters. The molecule has 4 aromatic rings. The summed E-state index contributed by atoms with van der Waals surface area (Å²) in [5.41, 5.74) is 2.19. The summed E-state index contributed by atoms with van der Waals surface area (Å²) in [7, 11) is 0. The summed E-state index contributed by atoms with van der Waals surface area (Å²) in [5.74, 6) is 2.38. The fraction of sp³-hybridized carbons (Fsp3) is 0.174. The summed E-state index contributed by atoms with van der Waals surface area (Å²) in [6.07, 6.45) is 1.84. The van der Waals surface area contributed by atoms with Crippen LogP contribution in [0.1, 0.15) is 23.9 Å². The second-order valence-electron chi connectivity index (χ2n) is 6.49. The second-order valence-corrected chi connectivity index (χ2v) is 7.43. The summed E-state index contributed by atoms with van der Waals surface area (Å²) >= 11 is 1.62. The molecule has 0 aliphatic rings. The highest BCUT2D eigenvalue weighted by Gasteiger charge is 2.11. The molecule has 0 aliphatic carbocycles. The first-order valence-corrected chi connectivity index (χ1v) is 10.5. The normalized spacial score (nSPS) is 11.4. The van der Waals surface area contributed by atoms with Gasteiger partial charge in [-0.05, 0) is 36.2 Å². The Morgan fingerprint density at radius 3 is 2.62 bits per heavy atom. The van der Waals surface area contributed by atoms with Crippen LogP contribution in [-0.2, 0) is 5.75 Å². The first kappa shape index (κ1) is 19.2. The number of ether oxygens (including phenoxy) is 1. The van der Waals surface area contributed by atoms with E-state index in [9.17, 15) is 0 Å². The Balaban J connectivity index is 1.66. The third-order valence-corrected chi connectivity index (χ3v) is 5.50. The number of rotatable bonds is 7. The summed E-state index contributed by atoms with van der Waals surface area (Å²) in [5, 5.41) is 16.2. The molecule has 1 heterocycles. The molecule has 29 heavy (non-hydrogen) atoms. The number of aromatic nitrogens is 3. The van der Waals surface area contributed by atoms with E-state index < -0.39 is 0 Å². The number of benzene rings is 3. The molecule has 0 bridgehead atoms. The Labute approximate surface area is 174 Å². The van der Waals surface area contributed by atoms with Crippen molar-refractivity contribution in [2.75, 3.05) is 6.61 Å². The standard InChI is InChI=1S/C23H22N4OS/c1-3-28-22-14-13-19-11-7-8-12-20(19)21(22)15-24-27-17(2)25-26-23(27)29-16-18-9-5-4-6-10-18/h4-15H,3,16H2,1-2H3/b24-15+. The average Bonchev–Trinajstić information content (AvgIpc) is 3.11. The largest absolute Gasteiger partial charge is 0.493 e.